The summed E-state index contributed by atoms with van der Waals surface area (Å²) in [6.07, 6.45) is 0. The number of hydrogen-bond acceptors (Lipinski definition) is 2. The molecule has 0 unspecified atom stereocenters. The molecule has 0 fully saturated rings. The van der Waals surface area contributed by atoms with Crippen LogP contribution < -0.4 is 5.32 Å². The predicted octanol–water partition coefficient (Wildman–Crippen LogP) is 3.23. The molecular weight excluding hydrogens is 222 g/mol. The van der Waals surface area contributed by atoms with E-state index in [9.17, 15) is 0 Å². The maximum absolute atomic E-state index is 5.55. The molecule has 0 saturated carbocycles. The maximum atomic E-state index is 5.55. The Bertz CT molecular complexity index is 319. The largest absolute Gasteiger partial charge is 0.380 e. The smallest absolute Gasteiger partial charge is 0.0591 e. The van der Waals surface area contributed by atoms with E-state index in [-0.39, 0.29) is 5.41 Å². The van der Waals surface area contributed by atoms with Crippen LogP contribution in [0.3, 0.4) is 0 Å². The van der Waals surface area contributed by atoms with E-state index in [4.69, 9.17) is 4.74 Å². The molecule has 0 aliphatic heterocycles. The van der Waals surface area contributed by atoms with Crippen molar-refractivity contribution < 1.29 is 4.74 Å². The maximum Gasteiger partial charge on any atom is 0.0591 e. The molecule has 0 aliphatic carbocycles. The van der Waals surface area contributed by atoms with Crippen LogP contribution >= 0.6 is 0 Å². The molecule has 1 N–H and O–H groups in total. The van der Waals surface area contributed by atoms with Gasteiger partial charge in [0.05, 0.1) is 6.61 Å². The molecular formula is C16H27NO. The highest BCUT2D eigenvalue weighted by Gasteiger charge is 2.19. The van der Waals surface area contributed by atoms with Crippen LogP contribution in [0.4, 0.5) is 0 Å². The summed E-state index contributed by atoms with van der Waals surface area (Å²) in [5.74, 6) is 0.616. The van der Waals surface area contributed by atoms with E-state index in [0.717, 1.165) is 26.3 Å². The highest BCUT2D eigenvalue weighted by molar-refractivity contribution is 5.23. The van der Waals surface area contributed by atoms with E-state index >= 15 is 0 Å². The Kier molecular flexibility index (Phi) is 6.37. The number of nitrogens with one attached hydrogen (secondary N) is 1. The second-order valence-electron chi connectivity index (χ2n) is 5.90. The van der Waals surface area contributed by atoms with Crippen molar-refractivity contribution in [3.8, 4) is 0 Å². The molecule has 0 radical (unpaired) electrons. The van der Waals surface area contributed by atoms with Gasteiger partial charge in [-0.25, -0.2) is 0 Å². The summed E-state index contributed by atoms with van der Waals surface area (Å²) in [5, 5.41) is 3.47. The zero-order valence-electron chi connectivity index (χ0n) is 12.2. The molecule has 18 heavy (non-hydrogen) atoms. The van der Waals surface area contributed by atoms with Gasteiger partial charge < -0.3 is 10.1 Å². The van der Waals surface area contributed by atoms with Crippen molar-refractivity contribution in [3.63, 3.8) is 0 Å². The van der Waals surface area contributed by atoms with Crippen LogP contribution in [0.15, 0.2) is 30.3 Å². The van der Waals surface area contributed by atoms with Crippen molar-refractivity contribution in [3.05, 3.63) is 35.9 Å². The Morgan fingerprint density at radius 1 is 1.17 bits per heavy atom. The number of rotatable bonds is 8. The molecule has 0 aromatic heterocycles. The lowest BCUT2D eigenvalue weighted by atomic mass is 9.85. The quantitative estimate of drug-likeness (QED) is 0.714. The number of ether oxygens (including phenoxy) is 1. The van der Waals surface area contributed by atoms with Crippen molar-refractivity contribution in [2.24, 2.45) is 5.92 Å². The summed E-state index contributed by atoms with van der Waals surface area (Å²) in [7, 11) is 0. The van der Waals surface area contributed by atoms with E-state index in [1.54, 1.807) is 0 Å². The van der Waals surface area contributed by atoms with Crippen LogP contribution in [0.25, 0.3) is 0 Å². The SMILES string of the molecule is CC(C)COCCNCC(C)(C)c1ccccc1. The van der Waals surface area contributed by atoms with Crippen molar-refractivity contribution in [1.29, 1.82) is 0 Å². The van der Waals surface area contributed by atoms with E-state index in [2.05, 4.69) is 63.3 Å². The van der Waals surface area contributed by atoms with Gasteiger partial charge in [0.25, 0.3) is 0 Å². The molecule has 0 heterocycles. The molecule has 1 aromatic carbocycles. The Hall–Kier alpha value is -0.860. The first kappa shape index (κ1) is 15.2. The highest BCUT2D eigenvalue weighted by atomic mass is 16.5. The molecule has 2 heteroatoms. The van der Waals surface area contributed by atoms with Crippen LogP contribution in [0.1, 0.15) is 33.3 Å². The lowest BCUT2D eigenvalue weighted by Crippen LogP contribution is -2.34. The number of benzene rings is 1. The van der Waals surface area contributed by atoms with Gasteiger partial charge in [0.15, 0.2) is 0 Å². The molecule has 0 spiro atoms. The molecule has 1 rings (SSSR count). The van der Waals surface area contributed by atoms with Crippen LogP contribution in [-0.4, -0.2) is 26.3 Å². The van der Waals surface area contributed by atoms with E-state index in [1.807, 2.05) is 0 Å². The Morgan fingerprint density at radius 2 is 1.83 bits per heavy atom. The van der Waals surface area contributed by atoms with Crippen molar-refractivity contribution >= 4 is 0 Å². The monoisotopic (exact) mass is 249 g/mol. The van der Waals surface area contributed by atoms with Gasteiger partial charge >= 0.3 is 0 Å². The van der Waals surface area contributed by atoms with E-state index in [0.29, 0.717) is 5.92 Å². The predicted molar refractivity (Wildman–Crippen MR) is 78.0 cm³/mol. The third kappa shape index (κ3) is 5.65. The Balaban J connectivity index is 2.22. The summed E-state index contributed by atoms with van der Waals surface area (Å²) in [6, 6.07) is 10.6. The fraction of sp³-hybridized carbons (Fsp3) is 0.625. The average Bonchev–Trinajstić information content (AvgIpc) is 2.34. The van der Waals surface area contributed by atoms with Gasteiger partial charge in [0.1, 0.15) is 0 Å². The van der Waals surface area contributed by atoms with Crippen LogP contribution in [0.2, 0.25) is 0 Å². The van der Waals surface area contributed by atoms with Crippen molar-refractivity contribution in [2.75, 3.05) is 26.3 Å². The minimum atomic E-state index is 0.166. The Morgan fingerprint density at radius 3 is 2.44 bits per heavy atom. The van der Waals surface area contributed by atoms with E-state index in [1.165, 1.54) is 5.56 Å². The highest BCUT2D eigenvalue weighted by Crippen LogP contribution is 2.21. The van der Waals surface area contributed by atoms with Gasteiger partial charge in [-0.15, -0.1) is 0 Å². The topological polar surface area (TPSA) is 21.3 Å². The van der Waals surface area contributed by atoms with Crippen LogP contribution in [0, 0.1) is 5.92 Å². The lowest BCUT2D eigenvalue weighted by Gasteiger charge is -2.25. The summed E-state index contributed by atoms with van der Waals surface area (Å²) in [6.45, 7) is 12.4. The standard InChI is InChI=1S/C16H27NO/c1-14(2)12-18-11-10-17-13-16(3,4)15-8-6-5-7-9-15/h5-9,14,17H,10-13H2,1-4H3. The summed E-state index contributed by atoms with van der Waals surface area (Å²) < 4.78 is 5.55. The van der Waals surface area contributed by atoms with Crippen LogP contribution in [0.5, 0.6) is 0 Å². The minimum absolute atomic E-state index is 0.166. The third-order valence-electron chi connectivity index (χ3n) is 3.00. The molecule has 0 aliphatic rings. The third-order valence-corrected chi connectivity index (χ3v) is 3.00. The van der Waals surface area contributed by atoms with Gasteiger partial charge in [-0.2, -0.15) is 0 Å². The van der Waals surface area contributed by atoms with Gasteiger partial charge in [-0.05, 0) is 11.5 Å². The molecule has 102 valence electrons. The zero-order valence-corrected chi connectivity index (χ0v) is 12.2. The Labute approximate surface area is 112 Å². The van der Waals surface area contributed by atoms with Crippen molar-refractivity contribution in [1.82, 2.24) is 5.32 Å². The van der Waals surface area contributed by atoms with Gasteiger partial charge in [-0.1, -0.05) is 58.0 Å². The second kappa shape index (κ2) is 7.55. The molecule has 0 bridgehead atoms. The normalized spacial score (nSPS) is 12.1. The fourth-order valence-corrected chi connectivity index (χ4v) is 1.86. The average molecular weight is 249 g/mol. The fourth-order valence-electron chi connectivity index (χ4n) is 1.86. The lowest BCUT2D eigenvalue weighted by molar-refractivity contribution is 0.111. The molecule has 1 aromatic rings. The van der Waals surface area contributed by atoms with Gasteiger partial charge in [-0.3, -0.25) is 0 Å². The van der Waals surface area contributed by atoms with Crippen molar-refractivity contribution in [2.45, 2.75) is 33.1 Å². The van der Waals surface area contributed by atoms with Gasteiger partial charge in [0.2, 0.25) is 0 Å². The molecule has 2 nitrogen and oxygen atoms in total. The first-order valence-electron chi connectivity index (χ1n) is 6.86. The summed E-state index contributed by atoms with van der Waals surface area (Å²) in [5.41, 5.74) is 1.54. The van der Waals surface area contributed by atoms with Crippen LogP contribution in [-0.2, 0) is 10.2 Å². The minimum Gasteiger partial charge on any atom is -0.380 e. The molecule has 0 saturated heterocycles. The van der Waals surface area contributed by atoms with Gasteiger partial charge in [0, 0.05) is 25.1 Å². The summed E-state index contributed by atoms with van der Waals surface area (Å²) in [4.78, 5) is 0. The second-order valence-corrected chi connectivity index (χ2v) is 5.90. The first-order chi connectivity index (χ1) is 8.52. The van der Waals surface area contributed by atoms with E-state index < -0.39 is 0 Å². The first-order valence-corrected chi connectivity index (χ1v) is 6.86. The summed E-state index contributed by atoms with van der Waals surface area (Å²) >= 11 is 0. The molecule has 0 amide bonds. The zero-order chi connectivity index (χ0) is 13.4. The number of hydrogen-bond donors (Lipinski definition) is 1. The molecule has 0 atom stereocenters.